The third-order valence-electron chi connectivity index (χ3n) is 6.80. The number of carbonyl (C=O) groups is 2. The van der Waals surface area contributed by atoms with Gasteiger partial charge in [0.25, 0.3) is 0 Å². The summed E-state index contributed by atoms with van der Waals surface area (Å²) in [4.78, 5) is 29.5. The lowest BCUT2D eigenvalue weighted by Crippen LogP contribution is -2.59. The van der Waals surface area contributed by atoms with E-state index in [1.165, 1.54) is 6.07 Å². The number of pyridine rings is 1. The zero-order valence-corrected chi connectivity index (χ0v) is 17.0. The Morgan fingerprint density at radius 2 is 2.03 bits per heavy atom. The highest BCUT2D eigenvalue weighted by Gasteiger charge is 2.46. The maximum Gasteiger partial charge on any atom is 0.388 e. The van der Waals surface area contributed by atoms with Crippen LogP contribution in [0.25, 0.3) is 0 Å². The maximum absolute atomic E-state index is 12.4. The highest BCUT2D eigenvalue weighted by Crippen LogP contribution is 2.46. The fourth-order valence-corrected chi connectivity index (χ4v) is 5.01. The van der Waals surface area contributed by atoms with Gasteiger partial charge in [-0.3, -0.25) is 9.59 Å². The molecule has 1 aliphatic carbocycles. The minimum absolute atomic E-state index is 0.0531. The minimum atomic E-state index is -2.85. The first-order valence-corrected chi connectivity index (χ1v) is 10.7. The van der Waals surface area contributed by atoms with E-state index in [0.29, 0.717) is 25.4 Å². The molecule has 3 heterocycles. The summed E-state index contributed by atoms with van der Waals surface area (Å²) in [5.74, 6) is 0.740. The highest BCUT2D eigenvalue weighted by molar-refractivity contribution is 5.77. The monoisotopic (exact) mass is 422 g/mol. The Balaban J connectivity index is 1.16. The van der Waals surface area contributed by atoms with Gasteiger partial charge >= 0.3 is 12.6 Å². The predicted molar refractivity (Wildman–Crippen MR) is 104 cm³/mol. The normalized spacial score (nSPS) is 23.5. The van der Waals surface area contributed by atoms with Crippen LogP contribution in [0.15, 0.2) is 18.3 Å². The Hall–Kier alpha value is -2.25. The number of hydrogen-bond acceptors (Lipinski definition) is 5. The number of amides is 1. The summed E-state index contributed by atoms with van der Waals surface area (Å²) in [6.07, 6.45) is 8.63. The maximum atomic E-state index is 12.4. The van der Waals surface area contributed by atoms with Gasteiger partial charge in [-0.1, -0.05) is 6.07 Å². The van der Waals surface area contributed by atoms with E-state index in [1.54, 1.807) is 6.20 Å². The first-order chi connectivity index (χ1) is 14.4. The summed E-state index contributed by atoms with van der Waals surface area (Å²) >= 11 is 0. The smallest absolute Gasteiger partial charge is 0.388 e. The molecule has 2 saturated heterocycles. The van der Waals surface area contributed by atoms with Crippen molar-refractivity contribution >= 4 is 11.9 Å². The number of ether oxygens (including phenoxy) is 2. The highest BCUT2D eigenvalue weighted by atomic mass is 19.3. The van der Waals surface area contributed by atoms with Crippen LogP contribution in [0.4, 0.5) is 8.78 Å². The molecule has 0 N–H and O–H groups in total. The topological polar surface area (TPSA) is 68.7 Å². The van der Waals surface area contributed by atoms with Gasteiger partial charge in [0.15, 0.2) is 0 Å². The van der Waals surface area contributed by atoms with E-state index in [2.05, 4.69) is 9.72 Å². The molecule has 2 aliphatic heterocycles. The van der Waals surface area contributed by atoms with E-state index < -0.39 is 6.61 Å². The Kier molecular flexibility index (Phi) is 6.20. The molecule has 0 aromatic carbocycles. The van der Waals surface area contributed by atoms with Gasteiger partial charge in [-0.25, -0.2) is 4.98 Å². The Morgan fingerprint density at radius 3 is 2.63 bits per heavy atom. The van der Waals surface area contributed by atoms with Crippen LogP contribution in [0.3, 0.4) is 0 Å². The molecule has 30 heavy (non-hydrogen) atoms. The second-order valence-electron chi connectivity index (χ2n) is 9.07. The lowest BCUT2D eigenvalue weighted by atomic mass is 9.65. The fraction of sp³-hybridized carbons (Fsp3) is 0.682. The van der Waals surface area contributed by atoms with Gasteiger partial charge < -0.3 is 14.4 Å². The van der Waals surface area contributed by atoms with E-state index >= 15 is 0 Å². The number of esters is 1. The Bertz CT molecular complexity index is 755. The number of hydrogen-bond donors (Lipinski definition) is 0. The van der Waals surface area contributed by atoms with Crippen molar-refractivity contribution in [3.8, 4) is 5.88 Å². The van der Waals surface area contributed by atoms with E-state index in [4.69, 9.17) is 4.74 Å². The van der Waals surface area contributed by atoms with E-state index in [-0.39, 0.29) is 29.1 Å². The summed E-state index contributed by atoms with van der Waals surface area (Å²) in [6, 6.07) is 3.30. The molecule has 1 aromatic rings. The second-order valence-corrected chi connectivity index (χ2v) is 9.07. The van der Waals surface area contributed by atoms with Crippen LogP contribution < -0.4 is 4.74 Å². The molecule has 1 aromatic heterocycles. The van der Waals surface area contributed by atoms with Crippen molar-refractivity contribution in [3.05, 3.63) is 23.9 Å². The van der Waals surface area contributed by atoms with Crippen LogP contribution in [0.2, 0.25) is 0 Å². The molecule has 0 radical (unpaired) electrons. The van der Waals surface area contributed by atoms with Gasteiger partial charge in [-0.05, 0) is 50.0 Å². The van der Waals surface area contributed by atoms with Gasteiger partial charge in [0.2, 0.25) is 11.8 Å². The van der Waals surface area contributed by atoms with Gasteiger partial charge in [-0.15, -0.1) is 0 Å². The van der Waals surface area contributed by atoms with Crippen LogP contribution in [-0.4, -0.2) is 48.1 Å². The minimum Gasteiger partial charge on any atom is -0.465 e. The molecule has 8 heteroatoms. The SMILES string of the molecule is O=C1C[C@H](CCC(=O)N2CC3(CCC(Cc4ccc(OC(F)F)nc4)CC3)C2)CO1. The number of halogens is 2. The molecule has 3 fully saturated rings. The fourth-order valence-electron chi connectivity index (χ4n) is 5.01. The number of cyclic esters (lactones) is 1. The summed E-state index contributed by atoms with van der Waals surface area (Å²) in [6.45, 7) is -0.706. The molecule has 3 aliphatic rings. The van der Waals surface area contributed by atoms with E-state index in [0.717, 1.165) is 57.2 Å². The number of aromatic nitrogens is 1. The Morgan fingerprint density at radius 1 is 1.27 bits per heavy atom. The van der Waals surface area contributed by atoms with E-state index in [9.17, 15) is 18.4 Å². The molecule has 4 rings (SSSR count). The lowest BCUT2D eigenvalue weighted by molar-refractivity contribution is -0.146. The van der Waals surface area contributed by atoms with Crippen LogP contribution in [0.5, 0.6) is 5.88 Å². The van der Waals surface area contributed by atoms with Crippen molar-refractivity contribution in [1.82, 2.24) is 9.88 Å². The van der Waals surface area contributed by atoms with Gasteiger partial charge in [0.1, 0.15) is 0 Å². The summed E-state index contributed by atoms with van der Waals surface area (Å²) in [7, 11) is 0. The van der Waals surface area contributed by atoms with Crippen LogP contribution in [-0.2, 0) is 20.7 Å². The zero-order valence-electron chi connectivity index (χ0n) is 17.0. The van der Waals surface area contributed by atoms with Crippen molar-refractivity contribution < 1.29 is 27.8 Å². The average molecular weight is 422 g/mol. The third kappa shape index (κ3) is 5.08. The summed E-state index contributed by atoms with van der Waals surface area (Å²) < 4.78 is 33.7. The van der Waals surface area contributed by atoms with Gasteiger partial charge in [0, 0.05) is 43.1 Å². The Labute approximate surface area is 174 Å². The number of carbonyl (C=O) groups excluding carboxylic acids is 2. The van der Waals surface area contributed by atoms with Crippen molar-refractivity contribution in [1.29, 1.82) is 0 Å². The molecule has 1 spiro atoms. The zero-order chi connectivity index (χ0) is 21.1. The molecule has 1 atom stereocenters. The number of rotatable bonds is 7. The third-order valence-corrected chi connectivity index (χ3v) is 6.80. The summed E-state index contributed by atoms with van der Waals surface area (Å²) in [5, 5.41) is 0. The van der Waals surface area contributed by atoms with Gasteiger partial charge in [0.05, 0.1) is 13.0 Å². The molecule has 0 unspecified atom stereocenters. The van der Waals surface area contributed by atoms with E-state index in [1.807, 2.05) is 11.0 Å². The molecule has 1 saturated carbocycles. The number of nitrogens with zero attached hydrogens (tertiary/aromatic N) is 2. The largest absolute Gasteiger partial charge is 0.465 e. The predicted octanol–water partition coefficient (Wildman–Crippen LogP) is 3.59. The van der Waals surface area contributed by atoms with Crippen molar-refractivity contribution in [3.63, 3.8) is 0 Å². The van der Waals surface area contributed by atoms with Crippen molar-refractivity contribution in [2.75, 3.05) is 19.7 Å². The molecule has 1 amide bonds. The summed E-state index contributed by atoms with van der Waals surface area (Å²) in [5.41, 5.74) is 1.31. The molecule has 164 valence electrons. The second kappa shape index (κ2) is 8.86. The average Bonchev–Trinajstić information content (AvgIpc) is 3.11. The number of likely N-dealkylation sites (tertiary alicyclic amines) is 1. The first-order valence-electron chi connectivity index (χ1n) is 10.7. The van der Waals surface area contributed by atoms with Crippen LogP contribution in [0, 0.1) is 17.3 Å². The van der Waals surface area contributed by atoms with Crippen molar-refractivity contribution in [2.24, 2.45) is 17.3 Å². The van der Waals surface area contributed by atoms with Gasteiger partial charge in [-0.2, -0.15) is 8.78 Å². The lowest BCUT2D eigenvalue weighted by Gasteiger charge is -2.53. The first kappa shape index (κ1) is 21.0. The molecular weight excluding hydrogens is 394 g/mol. The molecule has 6 nitrogen and oxygen atoms in total. The van der Waals surface area contributed by atoms with Crippen LogP contribution in [0.1, 0.15) is 50.5 Å². The quantitative estimate of drug-likeness (QED) is 0.628. The standard InChI is InChI=1S/C22H28F2N2O4/c23-21(24)30-18-3-1-16(11-25-18)9-15-5-7-22(8-6-15)13-26(14-22)19(27)4-2-17-10-20(28)29-12-17/h1,3,11,15,17,21H,2,4-10,12-14H2/t17-/m0/s1. The molecular formula is C22H28F2N2O4. The van der Waals surface area contributed by atoms with Crippen LogP contribution >= 0.6 is 0 Å². The molecule has 0 bridgehead atoms. The van der Waals surface area contributed by atoms with Crippen molar-refractivity contribution in [2.45, 2.75) is 58.0 Å². The number of alkyl halides is 2.